The van der Waals surface area contributed by atoms with Gasteiger partial charge in [-0.1, -0.05) is 48.5 Å². The van der Waals surface area contributed by atoms with Gasteiger partial charge in [0, 0.05) is 16.8 Å². The molecule has 0 N–H and O–H groups in total. The topological polar surface area (TPSA) is 61.3 Å². The number of aromatic nitrogens is 2. The molecule has 33 heavy (non-hydrogen) atoms. The number of hydrogen-bond acceptors (Lipinski definition) is 5. The molecule has 0 radical (unpaired) electrons. The fourth-order valence-corrected chi connectivity index (χ4v) is 4.22. The molecule has 0 aliphatic heterocycles. The number of esters is 1. The van der Waals surface area contributed by atoms with Crippen LogP contribution in [0.3, 0.4) is 0 Å². The van der Waals surface area contributed by atoms with Gasteiger partial charge in [-0.3, -0.25) is 0 Å². The number of fused-ring (bicyclic) bond motifs is 7. The Morgan fingerprint density at radius 3 is 1.79 bits per heavy atom. The van der Waals surface area contributed by atoms with E-state index in [0.29, 0.717) is 22.6 Å². The number of hydrogen-bond donors (Lipinski definition) is 0. The molecule has 5 aromatic carbocycles. The van der Waals surface area contributed by atoms with Crippen molar-refractivity contribution in [2.75, 3.05) is 7.11 Å². The molecule has 0 bridgehead atoms. The fourth-order valence-electron chi connectivity index (χ4n) is 4.22. The number of methoxy groups -OCH3 is 1. The molecule has 0 aliphatic carbocycles. The van der Waals surface area contributed by atoms with Crippen molar-refractivity contribution in [3.63, 3.8) is 0 Å². The second-order valence-electron chi connectivity index (χ2n) is 7.78. The van der Waals surface area contributed by atoms with E-state index in [1.807, 2.05) is 30.3 Å². The maximum absolute atomic E-state index is 12.6. The number of ether oxygens (including phenoxy) is 2. The Morgan fingerprint density at radius 2 is 1.18 bits per heavy atom. The van der Waals surface area contributed by atoms with Crippen molar-refractivity contribution in [1.29, 1.82) is 0 Å². The summed E-state index contributed by atoms with van der Waals surface area (Å²) in [6.07, 6.45) is 0. The quantitative estimate of drug-likeness (QED) is 0.142. The highest BCUT2D eigenvalue weighted by molar-refractivity contribution is 6.23. The van der Waals surface area contributed by atoms with E-state index in [1.54, 1.807) is 43.5 Å². The van der Waals surface area contributed by atoms with E-state index < -0.39 is 5.97 Å². The molecule has 0 saturated carbocycles. The van der Waals surface area contributed by atoms with Gasteiger partial charge in [0.05, 0.1) is 34.7 Å². The lowest BCUT2D eigenvalue weighted by atomic mass is 9.99. The molecule has 0 spiro atoms. The van der Waals surface area contributed by atoms with E-state index in [2.05, 4.69) is 24.3 Å². The maximum atomic E-state index is 12.6. The van der Waals surface area contributed by atoms with E-state index in [-0.39, 0.29) is 0 Å². The molecule has 0 aliphatic rings. The van der Waals surface area contributed by atoms with Crippen LogP contribution in [0.4, 0.5) is 0 Å². The zero-order chi connectivity index (χ0) is 22.4. The first-order chi connectivity index (χ1) is 16.2. The van der Waals surface area contributed by atoms with Crippen LogP contribution in [-0.2, 0) is 0 Å². The van der Waals surface area contributed by atoms with E-state index in [1.165, 1.54) is 0 Å². The third kappa shape index (κ3) is 3.22. The number of nitrogens with zero attached hydrogens (tertiary/aromatic N) is 2. The summed E-state index contributed by atoms with van der Waals surface area (Å²) >= 11 is 0. The largest absolute Gasteiger partial charge is 0.497 e. The molecule has 6 aromatic rings. The van der Waals surface area contributed by atoms with Crippen molar-refractivity contribution in [2.45, 2.75) is 0 Å². The Balaban J connectivity index is 1.48. The van der Waals surface area contributed by atoms with E-state index >= 15 is 0 Å². The van der Waals surface area contributed by atoms with Gasteiger partial charge in [0.15, 0.2) is 0 Å². The predicted octanol–water partition coefficient (Wildman–Crippen LogP) is 6.32. The zero-order valence-electron chi connectivity index (χ0n) is 17.8. The second kappa shape index (κ2) is 7.57. The summed E-state index contributed by atoms with van der Waals surface area (Å²) in [4.78, 5) is 22.5. The molecular formula is C28H18N2O3. The summed E-state index contributed by atoms with van der Waals surface area (Å²) in [7, 11) is 1.58. The third-order valence-electron chi connectivity index (χ3n) is 5.83. The molecule has 1 heterocycles. The standard InChI is InChI=1S/C28H18N2O3/c1-32-18-12-10-17(11-13-18)28(31)33-19-14-15-24-25(16-19)30-27-23-9-5-3-7-21(23)20-6-2-4-8-22(20)26(27)29-24/h2-16H,1H3. The van der Waals surface area contributed by atoms with Crippen molar-refractivity contribution in [3.8, 4) is 11.5 Å². The average molecular weight is 430 g/mol. The van der Waals surface area contributed by atoms with Gasteiger partial charge < -0.3 is 9.47 Å². The van der Waals surface area contributed by atoms with Gasteiger partial charge in [-0.15, -0.1) is 0 Å². The number of benzene rings is 5. The first kappa shape index (κ1) is 19.2. The predicted molar refractivity (Wildman–Crippen MR) is 130 cm³/mol. The van der Waals surface area contributed by atoms with E-state index in [0.717, 1.165) is 38.1 Å². The molecule has 5 nitrogen and oxygen atoms in total. The maximum Gasteiger partial charge on any atom is 0.343 e. The molecule has 5 heteroatoms. The average Bonchev–Trinajstić information content (AvgIpc) is 2.88. The van der Waals surface area contributed by atoms with Crippen LogP contribution in [0.15, 0.2) is 91.0 Å². The van der Waals surface area contributed by atoms with Crippen LogP contribution in [-0.4, -0.2) is 23.0 Å². The van der Waals surface area contributed by atoms with Gasteiger partial charge in [0.25, 0.3) is 0 Å². The van der Waals surface area contributed by atoms with E-state index in [4.69, 9.17) is 19.4 Å². The summed E-state index contributed by atoms with van der Waals surface area (Å²) in [5.41, 5.74) is 3.54. The molecule has 0 fully saturated rings. The van der Waals surface area contributed by atoms with Gasteiger partial charge in [-0.2, -0.15) is 0 Å². The summed E-state index contributed by atoms with van der Waals surface area (Å²) < 4.78 is 10.7. The molecular weight excluding hydrogens is 412 g/mol. The van der Waals surface area contributed by atoms with Crippen molar-refractivity contribution in [2.24, 2.45) is 0 Å². The van der Waals surface area contributed by atoms with Gasteiger partial charge >= 0.3 is 5.97 Å². The molecule has 1 aromatic heterocycles. The van der Waals surface area contributed by atoms with Crippen LogP contribution in [0.1, 0.15) is 10.4 Å². The highest BCUT2D eigenvalue weighted by atomic mass is 16.5. The molecule has 0 unspecified atom stereocenters. The minimum absolute atomic E-state index is 0.419. The molecule has 0 saturated heterocycles. The Morgan fingerprint density at radius 1 is 0.636 bits per heavy atom. The number of rotatable bonds is 3. The second-order valence-corrected chi connectivity index (χ2v) is 7.78. The van der Waals surface area contributed by atoms with Crippen LogP contribution in [0.2, 0.25) is 0 Å². The minimum Gasteiger partial charge on any atom is -0.497 e. The number of carbonyl (C=O) groups is 1. The lowest BCUT2D eigenvalue weighted by molar-refractivity contribution is 0.0735. The van der Waals surface area contributed by atoms with Crippen LogP contribution in [0.5, 0.6) is 11.5 Å². The van der Waals surface area contributed by atoms with Crippen LogP contribution >= 0.6 is 0 Å². The SMILES string of the molecule is COc1ccc(C(=O)Oc2ccc3nc4c5ccccc5c5ccccc5c4nc3c2)cc1. The van der Waals surface area contributed by atoms with Gasteiger partial charge in [-0.25, -0.2) is 14.8 Å². The highest BCUT2D eigenvalue weighted by Gasteiger charge is 2.14. The highest BCUT2D eigenvalue weighted by Crippen LogP contribution is 2.34. The fraction of sp³-hybridized carbons (Fsp3) is 0.0357. The summed E-state index contributed by atoms with van der Waals surface area (Å²) in [6, 6.07) is 28.6. The molecule has 0 amide bonds. The summed E-state index contributed by atoms with van der Waals surface area (Å²) in [6.45, 7) is 0. The van der Waals surface area contributed by atoms with Crippen molar-refractivity contribution in [1.82, 2.24) is 9.97 Å². The summed E-state index contributed by atoms with van der Waals surface area (Å²) in [5, 5.41) is 4.40. The molecule has 158 valence electrons. The lowest BCUT2D eigenvalue weighted by Gasteiger charge is -2.11. The van der Waals surface area contributed by atoms with Crippen molar-refractivity contribution < 1.29 is 14.3 Å². The van der Waals surface area contributed by atoms with Crippen LogP contribution < -0.4 is 9.47 Å². The van der Waals surface area contributed by atoms with Crippen molar-refractivity contribution in [3.05, 3.63) is 96.6 Å². The lowest BCUT2D eigenvalue weighted by Crippen LogP contribution is -2.08. The van der Waals surface area contributed by atoms with E-state index in [9.17, 15) is 4.79 Å². The van der Waals surface area contributed by atoms with Gasteiger partial charge in [0.2, 0.25) is 0 Å². The normalized spacial score (nSPS) is 11.3. The Labute approximate surface area is 189 Å². The summed E-state index contributed by atoms with van der Waals surface area (Å²) in [5.74, 6) is 0.656. The first-order valence-electron chi connectivity index (χ1n) is 10.6. The Bertz CT molecular complexity index is 1690. The first-order valence-corrected chi connectivity index (χ1v) is 10.6. The third-order valence-corrected chi connectivity index (χ3v) is 5.83. The smallest absolute Gasteiger partial charge is 0.343 e. The zero-order valence-corrected chi connectivity index (χ0v) is 17.8. The molecule has 6 rings (SSSR count). The van der Waals surface area contributed by atoms with Gasteiger partial charge in [-0.05, 0) is 47.2 Å². The minimum atomic E-state index is -0.442. The monoisotopic (exact) mass is 430 g/mol. The Kier molecular flexibility index (Phi) is 4.40. The molecule has 0 atom stereocenters. The van der Waals surface area contributed by atoms with Gasteiger partial charge in [0.1, 0.15) is 11.5 Å². The Hall–Kier alpha value is -4.51. The number of carbonyl (C=O) groups excluding carboxylic acids is 1. The van der Waals surface area contributed by atoms with Crippen LogP contribution in [0, 0.1) is 0 Å². The van der Waals surface area contributed by atoms with Crippen molar-refractivity contribution >= 4 is 49.6 Å². The van der Waals surface area contributed by atoms with Crippen LogP contribution in [0.25, 0.3) is 43.6 Å².